The predicted octanol–water partition coefficient (Wildman–Crippen LogP) is 3.35. The molecular formula is C29H39FN4O4. The molecule has 9 heteroatoms. The summed E-state index contributed by atoms with van der Waals surface area (Å²) in [5.74, 6) is 0.236. The van der Waals surface area contributed by atoms with Gasteiger partial charge in [-0.05, 0) is 75.4 Å². The third-order valence-electron chi connectivity index (χ3n) is 7.81. The molecule has 2 fully saturated rings. The molecule has 206 valence electrons. The van der Waals surface area contributed by atoms with E-state index in [1.807, 2.05) is 26.0 Å². The first-order chi connectivity index (χ1) is 18.3. The van der Waals surface area contributed by atoms with E-state index in [1.54, 1.807) is 30.5 Å². The zero-order valence-electron chi connectivity index (χ0n) is 22.3. The lowest BCUT2D eigenvalue weighted by Gasteiger charge is -2.36. The summed E-state index contributed by atoms with van der Waals surface area (Å²) in [6.45, 7) is 7.13. The molecule has 0 bridgehead atoms. The number of ether oxygens (including phenoxy) is 1. The lowest BCUT2D eigenvalue weighted by molar-refractivity contribution is -0.121. The van der Waals surface area contributed by atoms with E-state index in [2.05, 4.69) is 20.5 Å². The van der Waals surface area contributed by atoms with Crippen LogP contribution in [0.5, 0.6) is 5.75 Å². The number of nitrogens with one attached hydrogen (secondary N) is 2. The minimum Gasteiger partial charge on any atom is -0.492 e. The molecule has 8 nitrogen and oxygen atoms in total. The lowest BCUT2D eigenvalue weighted by atomic mass is 9.94. The van der Waals surface area contributed by atoms with Gasteiger partial charge in [-0.1, -0.05) is 26.0 Å². The van der Waals surface area contributed by atoms with E-state index in [0.29, 0.717) is 56.2 Å². The van der Waals surface area contributed by atoms with E-state index in [-0.39, 0.29) is 0 Å². The van der Waals surface area contributed by atoms with Gasteiger partial charge in [0.25, 0.3) is 5.91 Å². The maximum Gasteiger partial charge on any atom is 0.257 e. The number of benzene rings is 1. The van der Waals surface area contributed by atoms with E-state index in [9.17, 15) is 19.1 Å². The summed E-state index contributed by atoms with van der Waals surface area (Å²) in [4.78, 5) is 31.4. The number of aliphatic hydroxyl groups is 1. The SMILES string of the molecule is CCC(F)(CC)CN1CCC(COc2ccc(-c3ccc(C(=O)NC(=O)[C@@H]4C[C@@H](O)CN4)cc3)nc2)CC1. The first kappa shape index (κ1) is 28.1. The smallest absolute Gasteiger partial charge is 0.257 e. The number of imide groups is 1. The average Bonchev–Trinajstić information content (AvgIpc) is 3.39. The number of aromatic nitrogens is 1. The van der Waals surface area contributed by atoms with Gasteiger partial charge in [0.15, 0.2) is 0 Å². The number of piperidine rings is 1. The summed E-state index contributed by atoms with van der Waals surface area (Å²) in [6, 6.07) is 10.1. The maximum absolute atomic E-state index is 14.7. The molecule has 1 aromatic heterocycles. The van der Waals surface area contributed by atoms with Crippen LogP contribution in [0.3, 0.4) is 0 Å². The average molecular weight is 527 g/mol. The van der Waals surface area contributed by atoms with E-state index in [4.69, 9.17) is 4.74 Å². The van der Waals surface area contributed by atoms with Crippen LogP contribution in [0.15, 0.2) is 42.6 Å². The van der Waals surface area contributed by atoms with Crippen LogP contribution in [0.4, 0.5) is 4.39 Å². The topological polar surface area (TPSA) is 104 Å². The highest BCUT2D eigenvalue weighted by molar-refractivity contribution is 6.06. The molecule has 1 aromatic carbocycles. The molecule has 0 saturated carbocycles. The number of rotatable bonds is 10. The standard InChI is InChI=1S/C29H39FN4O4/c1-3-29(30,4-2)19-34-13-11-20(12-14-34)18-38-24-9-10-25(32-17-24)21-5-7-22(8-6-21)27(36)33-28(37)26-15-23(35)16-31-26/h5-10,17,20,23,26,31,35H,3-4,11-16,18-19H2,1-2H3,(H,33,36,37)/t23-,26+/m1/s1. The highest BCUT2D eigenvalue weighted by Crippen LogP contribution is 2.26. The van der Waals surface area contributed by atoms with Crippen LogP contribution in [0, 0.1) is 5.92 Å². The fraction of sp³-hybridized carbons (Fsp3) is 0.552. The molecule has 4 rings (SSSR count). The Kier molecular flexibility index (Phi) is 9.46. The third-order valence-corrected chi connectivity index (χ3v) is 7.81. The fourth-order valence-corrected chi connectivity index (χ4v) is 5.02. The highest BCUT2D eigenvalue weighted by Gasteiger charge is 2.31. The van der Waals surface area contributed by atoms with Gasteiger partial charge in [0.05, 0.1) is 30.6 Å². The Bertz CT molecular complexity index is 1070. The molecule has 0 radical (unpaired) electrons. The van der Waals surface area contributed by atoms with Gasteiger partial charge in [0, 0.05) is 24.2 Å². The van der Waals surface area contributed by atoms with Gasteiger partial charge in [-0.3, -0.25) is 19.9 Å². The Balaban J connectivity index is 1.22. The molecular weight excluding hydrogens is 487 g/mol. The number of hydrogen-bond acceptors (Lipinski definition) is 7. The molecule has 2 saturated heterocycles. The molecule has 0 aliphatic carbocycles. The van der Waals surface area contributed by atoms with E-state index in [1.165, 1.54) is 0 Å². The zero-order chi connectivity index (χ0) is 27.1. The van der Waals surface area contributed by atoms with E-state index in [0.717, 1.165) is 37.2 Å². The third kappa shape index (κ3) is 7.36. The molecule has 38 heavy (non-hydrogen) atoms. The first-order valence-corrected chi connectivity index (χ1v) is 13.7. The number of carbonyl (C=O) groups is 2. The first-order valence-electron chi connectivity index (χ1n) is 13.7. The Morgan fingerprint density at radius 3 is 2.45 bits per heavy atom. The lowest BCUT2D eigenvalue weighted by Crippen LogP contribution is -2.44. The number of alkyl halides is 1. The number of hydrogen-bond donors (Lipinski definition) is 3. The summed E-state index contributed by atoms with van der Waals surface area (Å²) < 4.78 is 20.7. The molecule has 2 atom stereocenters. The monoisotopic (exact) mass is 526 g/mol. The van der Waals surface area contributed by atoms with Gasteiger partial charge in [0.1, 0.15) is 11.4 Å². The van der Waals surface area contributed by atoms with E-state index < -0.39 is 29.6 Å². The van der Waals surface area contributed by atoms with Crippen molar-refractivity contribution in [3.05, 3.63) is 48.2 Å². The van der Waals surface area contributed by atoms with Gasteiger partial charge in [-0.15, -0.1) is 0 Å². The van der Waals surface area contributed by atoms with Crippen LogP contribution < -0.4 is 15.4 Å². The number of pyridine rings is 1. The van der Waals surface area contributed by atoms with Crippen LogP contribution in [0.1, 0.15) is 56.3 Å². The second-order valence-electron chi connectivity index (χ2n) is 10.5. The minimum atomic E-state index is -1.08. The summed E-state index contributed by atoms with van der Waals surface area (Å²) in [6.07, 6.45) is 4.54. The van der Waals surface area contributed by atoms with Crippen LogP contribution in [0.25, 0.3) is 11.3 Å². The molecule has 2 aromatic rings. The molecule has 0 unspecified atom stereocenters. The largest absolute Gasteiger partial charge is 0.492 e. The summed E-state index contributed by atoms with van der Waals surface area (Å²) in [7, 11) is 0. The van der Waals surface area contributed by atoms with E-state index >= 15 is 0 Å². The Morgan fingerprint density at radius 1 is 1.16 bits per heavy atom. The zero-order valence-corrected chi connectivity index (χ0v) is 22.3. The Labute approximate surface area is 224 Å². The number of amides is 2. The maximum atomic E-state index is 14.7. The molecule has 2 aliphatic heterocycles. The van der Waals surface area contributed by atoms with Crippen molar-refractivity contribution < 1.29 is 23.8 Å². The number of nitrogens with zero attached hydrogens (tertiary/aromatic N) is 2. The van der Waals surface area contributed by atoms with Crippen molar-refractivity contribution in [2.75, 3.05) is 32.8 Å². The Hall–Kier alpha value is -2.88. The number of aliphatic hydroxyl groups excluding tert-OH is 1. The minimum absolute atomic E-state index is 0.293. The van der Waals surface area contributed by atoms with Crippen molar-refractivity contribution in [2.24, 2.45) is 5.92 Å². The number of halogens is 1. The van der Waals surface area contributed by atoms with Crippen molar-refractivity contribution >= 4 is 11.8 Å². The number of likely N-dealkylation sites (tertiary alicyclic amines) is 1. The fourth-order valence-electron chi connectivity index (χ4n) is 5.02. The quantitative estimate of drug-likeness (QED) is 0.408. The molecule has 2 aliphatic rings. The second-order valence-corrected chi connectivity index (χ2v) is 10.5. The van der Waals surface area contributed by atoms with Crippen molar-refractivity contribution in [2.45, 2.75) is 63.8 Å². The highest BCUT2D eigenvalue weighted by atomic mass is 19.1. The van der Waals surface area contributed by atoms with Crippen LogP contribution in [0.2, 0.25) is 0 Å². The van der Waals surface area contributed by atoms with Gasteiger partial charge in [-0.25, -0.2) is 4.39 Å². The van der Waals surface area contributed by atoms with Crippen LogP contribution >= 0.6 is 0 Å². The van der Waals surface area contributed by atoms with Crippen molar-refractivity contribution in [1.29, 1.82) is 0 Å². The summed E-state index contributed by atoms with van der Waals surface area (Å²) in [5.41, 5.74) is 0.878. The van der Waals surface area contributed by atoms with Crippen LogP contribution in [-0.4, -0.2) is 77.4 Å². The number of carbonyl (C=O) groups excluding carboxylic acids is 2. The molecule has 3 N–H and O–H groups in total. The second kappa shape index (κ2) is 12.8. The number of β-amino-alcohol motifs (C(OH)–C–C–N with tert-alkyl or cyclic N) is 1. The van der Waals surface area contributed by atoms with Crippen molar-refractivity contribution in [3.8, 4) is 17.0 Å². The summed E-state index contributed by atoms with van der Waals surface area (Å²) >= 11 is 0. The molecule has 2 amide bonds. The van der Waals surface area contributed by atoms with Crippen molar-refractivity contribution in [1.82, 2.24) is 20.5 Å². The molecule has 0 spiro atoms. The van der Waals surface area contributed by atoms with Gasteiger partial charge in [-0.2, -0.15) is 0 Å². The van der Waals surface area contributed by atoms with Gasteiger partial charge in [0.2, 0.25) is 5.91 Å². The van der Waals surface area contributed by atoms with Crippen molar-refractivity contribution in [3.63, 3.8) is 0 Å². The molecule has 3 heterocycles. The van der Waals surface area contributed by atoms with Crippen LogP contribution in [-0.2, 0) is 4.79 Å². The van der Waals surface area contributed by atoms with Gasteiger partial charge >= 0.3 is 0 Å². The Morgan fingerprint density at radius 2 is 1.87 bits per heavy atom. The summed E-state index contributed by atoms with van der Waals surface area (Å²) in [5, 5.41) is 14.8. The predicted molar refractivity (Wildman–Crippen MR) is 144 cm³/mol. The normalized spacial score (nSPS) is 20.8. The van der Waals surface area contributed by atoms with Gasteiger partial charge < -0.3 is 20.1 Å².